The zero-order chi connectivity index (χ0) is 15.6. The van der Waals surface area contributed by atoms with Gasteiger partial charge in [0.2, 0.25) is 5.76 Å². The quantitative estimate of drug-likeness (QED) is 0.853. The highest BCUT2D eigenvalue weighted by molar-refractivity contribution is 5.93. The molecule has 122 valence electrons. The van der Waals surface area contributed by atoms with Crippen molar-refractivity contribution in [2.45, 2.75) is 64.3 Å². The Kier molecular flexibility index (Phi) is 3.89. The van der Waals surface area contributed by atoms with Gasteiger partial charge in [-0.1, -0.05) is 11.6 Å². The maximum atomic E-state index is 12.4. The minimum atomic E-state index is -0.175. The van der Waals surface area contributed by atoms with Gasteiger partial charge in [0.1, 0.15) is 0 Å². The molecule has 0 saturated heterocycles. The minimum absolute atomic E-state index is 0.175. The van der Waals surface area contributed by atoms with Crippen molar-refractivity contribution in [2.24, 2.45) is 0 Å². The Balaban J connectivity index is 1.46. The smallest absolute Gasteiger partial charge is 0.290 e. The number of aromatic amines is 1. The van der Waals surface area contributed by atoms with Gasteiger partial charge >= 0.3 is 0 Å². The van der Waals surface area contributed by atoms with Crippen LogP contribution in [0.4, 0.5) is 0 Å². The van der Waals surface area contributed by atoms with E-state index in [9.17, 15) is 4.79 Å². The van der Waals surface area contributed by atoms with E-state index in [0.29, 0.717) is 12.3 Å². The van der Waals surface area contributed by atoms with Gasteiger partial charge in [0.15, 0.2) is 0 Å². The van der Waals surface area contributed by atoms with Crippen molar-refractivity contribution in [1.29, 1.82) is 0 Å². The number of H-pyrrole nitrogens is 1. The number of hydrogen-bond acceptors (Lipinski definition) is 4. The third-order valence-electron chi connectivity index (χ3n) is 4.97. The molecule has 0 fully saturated rings. The van der Waals surface area contributed by atoms with Gasteiger partial charge in [-0.15, -0.1) is 0 Å². The number of amides is 1. The first kappa shape index (κ1) is 14.5. The normalized spacial score (nSPS) is 17.2. The third kappa shape index (κ3) is 2.78. The van der Waals surface area contributed by atoms with Crippen LogP contribution in [0.3, 0.4) is 0 Å². The van der Waals surface area contributed by atoms with Crippen LogP contribution in [-0.2, 0) is 32.2 Å². The van der Waals surface area contributed by atoms with Crippen LogP contribution in [0.5, 0.6) is 0 Å². The lowest BCUT2D eigenvalue weighted by atomic mass is 9.96. The van der Waals surface area contributed by atoms with E-state index in [-0.39, 0.29) is 5.91 Å². The lowest BCUT2D eigenvalue weighted by Gasteiger charge is -2.09. The highest BCUT2D eigenvalue weighted by Crippen LogP contribution is 2.24. The molecule has 6 heteroatoms. The molecule has 0 aliphatic heterocycles. The molecule has 2 aromatic rings. The van der Waals surface area contributed by atoms with E-state index < -0.39 is 0 Å². The molecule has 1 amide bonds. The average molecular weight is 314 g/mol. The van der Waals surface area contributed by atoms with E-state index >= 15 is 0 Å². The Labute approximate surface area is 135 Å². The molecule has 2 heterocycles. The SMILES string of the molecule is O=C(NCc1n[nH]c2c1CCCCC2)c1onc2c1CCCC2. The van der Waals surface area contributed by atoms with Crippen LogP contribution in [0, 0.1) is 0 Å². The van der Waals surface area contributed by atoms with Crippen molar-refractivity contribution in [3.05, 3.63) is 34.0 Å². The molecule has 0 atom stereocenters. The van der Waals surface area contributed by atoms with Crippen molar-refractivity contribution < 1.29 is 9.32 Å². The highest BCUT2D eigenvalue weighted by atomic mass is 16.5. The summed E-state index contributed by atoms with van der Waals surface area (Å²) in [5, 5.41) is 14.5. The standard InChI is InChI=1S/C17H22N4O2/c22-17(16-12-7-4-5-9-14(12)21-23-16)18-10-15-11-6-2-1-3-8-13(11)19-20-15/h1-10H2,(H,18,22)(H,19,20). The van der Waals surface area contributed by atoms with Crippen LogP contribution in [-0.4, -0.2) is 21.3 Å². The predicted octanol–water partition coefficient (Wildman–Crippen LogP) is 2.48. The second-order valence-electron chi connectivity index (χ2n) is 6.51. The number of aryl methyl sites for hydroxylation is 2. The number of rotatable bonds is 3. The number of fused-ring (bicyclic) bond motifs is 2. The monoisotopic (exact) mass is 314 g/mol. The van der Waals surface area contributed by atoms with Crippen molar-refractivity contribution in [3.8, 4) is 0 Å². The maximum Gasteiger partial charge on any atom is 0.290 e. The fourth-order valence-corrected chi connectivity index (χ4v) is 3.69. The molecule has 4 rings (SSSR count). The summed E-state index contributed by atoms with van der Waals surface area (Å²) in [4.78, 5) is 12.4. The Hall–Kier alpha value is -2.11. The molecule has 23 heavy (non-hydrogen) atoms. The van der Waals surface area contributed by atoms with Crippen LogP contribution in [0.15, 0.2) is 4.52 Å². The van der Waals surface area contributed by atoms with Crippen LogP contribution in [0.2, 0.25) is 0 Å². The topological polar surface area (TPSA) is 83.8 Å². The Bertz CT molecular complexity index is 716. The number of aromatic nitrogens is 3. The van der Waals surface area contributed by atoms with E-state index in [1.807, 2.05) is 0 Å². The number of nitrogens with zero attached hydrogens (tertiary/aromatic N) is 2. The van der Waals surface area contributed by atoms with Gasteiger partial charge < -0.3 is 9.84 Å². The summed E-state index contributed by atoms with van der Waals surface area (Å²) in [6.07, 6.45) is 9.81. The van der Waals surface area contributed by atoms with Gasteiger partial charge in [0.25, 0.3) is 5.91 Å². The van der Waals surface area contributed by atoms with E-state index in [4.69, 9.17) is 4.52 Å². The molecular formula is C17H22N4O2. The summed E-state index contributed by atoms with van der Waals surface area (Å²) in [6.45, 7) is 0.445. The zero-order valence-corrected chi connectivity index (χ0v) is 13.3. The molecule has 0 radical (unpaired) electrons. The Morgan fingerprint density at radius 1 is 1.04 bits per heavy atom. The average Bonchev–Trinajstić information content (AvgIpc) is 3.10. The highest BCUT2D eigenvalue weighted by Gasteiger charge is 2.24. The van der Waals surface area contributed by atoms with E-state index in [2.05, 4.69) is 20.7 Å². The lowest BCUT2D eigenvalue weighted by Crippen LogP contribution is -2.24. The van der Waals surface area contributed by atoms with Crippen LogP contribution in [0.1, 0.15) is 70.9 Å². The van der Waals surface area contributed by atoms with Crippen LogP contribution >= 0.6 is 0 Å². The number of nitrogens with one attached hydrogen (secondary N) is 2. The summed E-state index contributed by atoms with van der Waals surface area (Å²) >= 11 is 0. The first-order chi connectivity index (χ1) is 11.3. The summed E-state index contributed by atoms with van der Waals surface area (Å²) in [5.74, 6) is 0.215. The molecule has 6 nitrogen and oxygen atoms in total. The molecule has 2 aromatic heterocycles. The fourth-order valence-electron chi connectivity index (χ4n) is 3.69. The summed E-state index contributed by atoms with van der Waals surface area (Å²) in [7, 11) is 0. The number of hydrogen-bond donors (Lipinski definition) is 2. The second-order valence-corrected chi connectivity index (χ2v) is 6.51. The Morgan fingerprint density at radius 2 is 1.83 bits per heavy atom. The first-order valence-corrected chi connectivity index (χ1v) is 8.63. The number of carbonyl (C=O) groups excluding carboxylic acids is 1. The fraction of sp³-hybridized carbons (Fsp3) is 0.588. The van der Waals surface area contributed by atoms with Crippen LogP contribution < -0.4 is 5.32 Å². The summed E-state index contributed by atoms with van der Waals surface area (Å²) < 4.78 is 5.29. The zero-order valence-electron chi connectivity index (χ0n) is 13.3. The van der Waals surface area contributed by atoms with Gasteiger partial charge in [0.05, 0.1) is 17.9 Å². The Morgan fingerprint density at radius 3 is 2.78 bits per heavy atom. The van der Waals surface area contributed by atoms with Gasteiger partial charge in [-0.05, 0) is 56.9 Å². The molecule has 0 saturated carbocycles. The molecule has 2 aliphatic rings. The third-order valence-corrected chi connectivity index (χ3v) is 4.97. The summed E-state index contributed by atoms with van der Waals surface area (Å²) in [6, 6.07) is 0. The number of carbonyl (C=O) groups is 1. The van der Waals surface area contributed by atoms with Gasteiger partial charge in [-0.2, -0.15) is 5.10 Å². The molecule has 0 spiro atoms. The molecule has 2 aliphatic carbocycles. The van der Waals surface area contributed by atoms with Crippen molar-refractivity contribution in [2.75, 3.05) is 0 Å². The summed E-state index contributed by atoms with van der Waals surface area (Å²) in [5.41, 5.74) is 5.44. The van der Waals surface area contributed by atoms with Crippen molar-refractivity contribution in [3.63, 3.8) is 0 Å². The molecular weight excluding hydrogens is 292 g/mol. The molecule has 0 aromatic carbocycles. The van der Waals surface area contributed by atoms with E-state index in [0.717, 1.165) is 55.5 Å². The van der Waals surface area contributed by atoms with Gasteiger partial charge in [-0.25, -0.2) is 0 Å². The lowest BCUT2D eigenvalue weighted by molar-refractivity contribution is 0.0912. The first-order valence-electron chi connectivity index (χ1n) is 8.63. The molecule has 0 bridgehead atoms. The van der Waals surface area contributed by atoms with Crippen LogP contribution in [0.25, 0.3) is 0 Å². The minimum Gasteiger partial charge on any atom is -0.350 e. The maximum absolute atomic E-state index is 12.4. The van der Waals surface area contributed by atoms with Gasteiger partial charge in [-0.3, -0.25) is 9.89 Å². The van der Waals surface area contributed by atoms with E-state index in [1.165, 1.54) is 30.5 Å². The molecule has 2 N–H and O–H groups in total. The van der Waals surface area contributed by atoms with Crippen molar-refractivity contribution >= 4 is 5.91 Å². The predicted molar refractivity (Wildman–Crippen MR) is 84.2 cm³/mol. The van der Waals surface area contributed by atoms with E-state index in [1.54, 1.807) is 0 Å². The largest absolute Gasteiger partial charge is 0.350 e. The second kappa shape index (κ2) is 6.18. The molecule has 0 unspecified atom stereocenters. The van der Waals surface area contributed by atoms with Crippen molar-refractivity contribution in [1.82, 2.24) is 20.7 Å². The van der Waals surface area contributed by atoms with Gasteiger partial charge in [0, 0.05) is 11.3 Å².